The van der Waals surface area contributed by atoms with E-state index in [4.69, 9.17) is 0 Å². The first-order valence-electron chi connectivity index (χ1n) is 9.03. The van der Waals surface area contributed by atoms with Gasteiger partial charge in [-0.05, 0) is 46.4 Å². The van der Waals surface area contributed by atoms with Gasteiger partial charge in [0.2, 0.25) is 0 Å². The molecule has 1 aromatic heterocycles. The molecule has 3 aromatic rings. The van der Waals surface area contributed by atoms with Crippen LogP contribution in [0.2, 0.25) is 0 Å². The van der Waals surface area contributed by atoms with Gasteiger partial charge < -0.3 is 5.32 Å². The lowest BCUT2D eigenvalue weighted by atomic mass is 9.85. The Labute approximate surface area is 156 Å². The topological polar surface area (TPSA) is 110 Å². The number of aromatic amines is 1. The van der Waals surface area contributed by atoms with Gasteiger partial charge in [-0.2, -0.15) is 0 Å². The van der Waals surface area contributed by atoms with E-state index in [9.17, 15) is 10.1 Å². The van der Waals surface area contributed by atoms with Gasteiger partial charge in [-0.3, -0.25) is 10.1 Å². The molecule has 0 amide bonds. The first-order valence-corrected chi connectivity index (χ1v) is 9.03. The van der Waals surface area contributed by atoms with Crippen molar-refractivity contribution in [2.24, 2.45) is 0 Å². The Balaban J connectivity index is 1.99. The number of aromatic nitrogens is 4. The monoisotopic (exact) mass is 364 g/mol. The molecule has 0 unspecified atom stereocenters. The summed E-state index contributed by atoms with van der Waals surface area (Å²) < 4.78 is 0. The van der Waals surface area contributed by atoms with Gasteiger partial charge in [0.15, 0.2) is 5.82 Å². The van der Waals surface area contributed by atoms with Crippen LogP contribution in [0.1, 0.15) is 37.2 Å². The van der Waals surface area contributed by atoms with E-state index in [2.05, 4.69) is 25.9 Å². The maximum absolute atomic E-state index is 12.0. The molecule has 0 bridgehead atoms. The van der Waals surface area contributed by atoms with E-state index in [1.165, 1.54) is 0 Å². The largest absolute Gasteiger partial charge is 0.383 e. The molecule has 1 aliphatic rings. The van der Waals surface area contributed by atoms with Crippen molar-refractivity contribution in [2.75, 3.05) is 12.4 Å². The van der Waals surface area contributed by atoms with Crippen molar-refractivity contribution in [1.82, 2.24) is 20.6 Å². The second-order valence-electron chi connectivity index (χ2n) is 6.71. The minimum atomic E-state index is -0.262. The van der Waals surface area contributed by atoms with Crippen LogP contribution >= 0.6 is 0 Å². The molecule has 1 fully saturated rings. The Hall–Kier alpha value is -3.29. The van der Waals surface area contributed by atoms with Crippen molar-refractivity contribution in [1.29, 1.82) is 0 Å². The summed E-state index contributed by atoms with van der Waals surface area (Å²) in [5.74, 6) is 0.720. The first-order chi connectivity index (χ1) is 13.2. The fraction of sp³-hybridized carbons (Fsp3) is 0.316. The summed E-state index contributed by atoms with van der Waals surface area (Å²) in [6.45, 7) is 0. The van der Waals surface area contributed by atoms with Crippen LogP contribution in [-0.4, -0.2) is 32.6 Å². The summed E-state index contributed by atoms with van der Waals surface area (Å²) >= 11 is 0. The smallest absolute Gasteiger partial charge is 0.296 e. The zero-order valence-corrected chi connectivity index (χ0v) is 15.0. The number of nitro groups is 1. The third kappa shape index (κ3) is 3.03. The summed E-state index contributed by atoms with van der Waals surface area (Å²) in [4.78, 5) is 11.7. The highest BCUT2D eigenvalue weighted by atomic mass is 16.6. The second-order valence-corrected chi connectivity index (χ2v) is 6.71. The molecule has 0 radical (unpaired) electrons. The predicted molar refractivity (Wildman–Crippen MR) is 102 cm³/mol. The Morgan fingerprint density at radius 1 is 1.11 bits per heavy atom. The summed E-state index contributed by atoms with van der Waals surface area (Å²) in [6.07, 6.45) is 4.12. The molecule has 8 heteroatoms. The number of benzene rings is 2. The zero-order chi connectivity index (χ0) is 18.8. The van der Waals surface area contributed by atoms with Gasteiger partial charge in [-0.25, -0.2) is 5.10 Å². The van der Waals surface area contributed by atoms with Crippen molar-refractivity contribution in [2.45, 2.75) is 31.6 Å². The SMILES string of the molecule is CNc1ccc(-c2ccccc2-c2nnn[nH]2)c(C2CCCC2)c1[N+](=O)[O-]. The van der Waals surface area contributed by atoms with Crippen LogP contribution < -0.4 is 5.32 Å². The molecule has 1 saturated carbocycles. The van der Waals surface area contributed by atoms with Gasteiger partial charge in [0.05, 0.1) is 4.92 Å². The van der Waals surface area contributed by atoms with Gasteiger partial charge in [-0.15, -0.1) is 5.10 Å². The maximum atomic E-state index is 12.0. The van der Waals surface area contributed by atoms with Crippen molar-refractivity contribution < 1.29 is 4.92 Å². The predicted octanol–water partition coefficient (Wildman–Crippen LogP) is 4.14. The van der Waals surface area contributed by atoms with Crippen molar-refractivity contribution in [3.8, 4) is 22.5 Å². The second kappa shape index (κ2) is 7.14. The Morgan fingerprint density at radius 2 is 1.85 bits per heavy atom. The van der Waals surface area contributed by atoms with E-state index in [1.807, 2.05) is 30.3 Å². The molecule has 27 heavy (non-hydrogen) atoms. The van der Waals surface area contributed by atoms with E-state index < -0.39 is 0 Å². The molecule has 0 spiro atoms. The average Bonchev–Trinajstić information content (AvgIpc) is 3.40. The Kier molecular flexibility index (Phi) is 4.53. The number of tetrazole rings is 1. The van der Waals surface area contributed by atoms with Crippen molar-refractivity contribution >= 4 is 11.4 Å². The quantitative estimate of drug-likeness (QED) is 0.520. The minimum Gasteiger partial charge on any atom is -0.383 e. The molecule has 2 N–H and O–H groups in total. The van der Waals surface area contributed by atoms with Crippen LogP contribution in [0.5, 0.6) is 0 Å². The molecule has 0 atom stereocenters. The Morgan fingerprint density at radius 3 is 2.48 bits per heavy atom. The van der Waals surface area contributed by atoms with Crippen LogP contribution in [0.25, 0.3) is 22.5 Å². The number of anilines is 1. The number of nitrogens with one attached hydrogen (secondary N) is 2. The van der Waals surface area contributed by atoms with Gasteiger partial charge in [0.1, 0.15) is 5.69 Å². The normalized spacial score (nSPS) is 14.4. The number of rotatable bonds is 5. The molecule has 1 heterocycles. The van der Waals surface area contributed by atoms with E-state index >= 15 is 0 Å². The van der Waals surface area contributed by atoms with E-state index in [0.717, 1.165) is 47.9 Å². The molecule has 1 aliphatic carbocycles. The number of H-pyrrole nitrogens is 1. The summed E-state index contributed by atoms with van der Waals surface area (Å²) in [5, 5.41) is 29.1. The fourth-order valence-corrected chi connectivity index (χ4v) is 4.07. The molecule has 138 valence electrons. The zero-order valence-electron chi connectivity index (χ0n) is 15.0. The third-order valence-corrected chi connectivity index (χ3v) is 5.25. The average molecular weight is 364 g/mol. The number of nitrogens with zero attached hydrogens (tertiary/aromatic N) is 4. The van der Waals surface area contributed by atoms with Crippen LogP contribution in [0.15, 0.2) is 36.4 Å². The van der Waals surface area contributed by atoms with Gasteiger partial charge in [0.25, 0.3) is 5.69 Å². The van der Waals surface area contributed by atoms with Gasteiger partial charge in [-0.1, -0.05) is 43.2 Å². The molecule has 0 aliphatic heterocycles. The van der Waals surface area contributed by atoms with Gasteiger partial charge in [0, 0.05) is 18.2 Å². The van der Waals surface area contributed by atoms with Crippen LogP contribution in [0.3, 0.4) is 0 Å². The molecular formula is C19H20N6O2. The number of hydrogen-bond acceptors (Lipinski definition) is 6. The van der Waals surface area contributed by atoms with Crippen molar-refractivity contribution in [3.05, 3.63) is 52.1 Å². The number of hydrogen-bond donors (Lipinski definition) is 2. The molecule has 4 rings (SSSR count). The lowest BCUT2D eigenvalue weighted by Gasteiger charge is -2.19. The maximum Gasteiger partial charge on any atom is 0.296 e. The molecule has 8 nitrogen and oxygen atoms in total. The van der Waals surface area contributed by atoms with E-state index in [1.54, 1.807) is 13.1 Å². The highest BCUT2D eigenvalue weighted by molar-refractivity contribution is 5.87. The third-order valence-electron chi connectivity index (χ3n) is 5.25. The van der Waals surface area contributed by atoms with Gasteiger partial charge >= 0.3 is 0 Å². The highest BCUT2D eigenvalue weighted by Crippen LogP contribution is 2.47. The highest BCUT2D eigenvalue weighted by Gasteiger charge is 2.31. The summed E-state index contributed by atoms with van der Waals surface area (Å²) in [6, 6.07) is 11.5. The fourth-order valence-electron chi connectivity index (χ4n) is 4.07. The first kappa shape index (κ1) is 17.1. The Bertz CT molecular complexity index is 964. The van der Waals surface area contributed by atoms with Crippen LogP contribution in [0, 0.1) is 10.1 Å². The van der Waals surface area contributed by atoms with E-state index in [-0.39, 0.29) is 16.5 Å². The summed E-state index contributed by atoms with van der Waals surface area (Å²) in [7, 11) is 1.72. The van der Waals surface area contributed by atoms with Crippen LogP contribution in [-0.2, 0) is 0 Å². The van der Waals surface area contributed by atoms with Crippen molar-refractivity contribution in [3.63, 3.8) is 0 Å². The lowest BCUT2D eigenvalue weighted by molar-refractivity contribution is -0.384. The molecular weight excluding hydrogens is 344 g/mol. The molecule has 0 saturated heterocycles. The lowest BCUT2D eigenvalue weighted by Crippen LogP contribution is -2.06. The molecule has 2 aromatic carbocycles. The van der Waals surface area contributed by atoms with Crippen LogP contribution in [0.4, 0.5) is 11.4 Å². The van der Waals surface area contributed by atoms with E-state index in [0.29, 0.717) is 11.5 Å². The standard InChI is InChI=1S/C19H20N6O2/c1-20-16-11-10-14(17(18(16)25(26)27)12-6-2-3-7-12)13-8-4-5-9-15(13)19-21-23-24-22-19/h4-5,8-12,20H,2-3,6-7H2,1H3,(H,21,22,23,24). The number of nitro benzene ring substituents is 1. The minimum absolute atomic E-state index is 0.174. The summed E-state index contributed by atoms with van der Waals surface area (Å²) in [5.41, 5.74) is 4.12.